The van der Waals surface area contributed by atoms with Crippen LogP contribution >= 0.6 is 11.8 Å². The van der Waals surface area contributed by atoms with Gasteiger partial charge in [-0.25, -0.2) is 0 Å². The summed E-state index contributed by atoms with van der Waals surface area (Å²) in [5.41, 5.74) is 0. The number of carboxylic acid groups (broad SMARTS) is 1. The minimum absolute atomic E-state index is 0.0129. The summed E-state index contributed by atoms with van der Waals surface area (Å²) in [6.45, 7) is 7.79. The van der Waals surface area contributed by atoms with E-state index in [0.29, 0.717) is 18.3 Å². The molecule has 1 N–H and O–H groups in total. The van der Waals surface area contributed by atoms with Crippen LogP contribution in [0.15, 0.2) is 30.3 Å². The van der Waals surface area contributed by atoms with E-state index in [4.69, 9.17) is 5.11 Å². The maximum atomic E-state index is 11.8. The Hall–Kier alpha value is -1.56. The van der Waals surface area contributed by atoms with Crippen molar-refractivity contribution in [3.8, 4) is 0 Å². The molecule has 0 aromatic heterocycles. The zero-order valence-corrected chi connectivity index (χ0v) is 10.2. The van der Waals surface area contributed by atoms with Crippen LogP contribution in [0.1, 0.15) is 6.42 Å². The molecule has 0 saturated carbocycles. The van der Waals surface area contributed by atoms with Gasteiger partial charge in [-0.05, 0) is 0 Å². The van der Waals surface area contributed by atoms with E-state index >= 15 is 0 Å². The summed E-state index contributed by atoms with van der Waals surface area (Å²) in [6.07, 6.45) is 3.17. The molecule has 1 rings (SSSR count). The number of rotatable bonds is 5. The molecule has 1 saturated heterocycles. The number of nitrogens with zero attached hydrogens (tertiary/aromatic N) is 2. The summed E-state index contributed by atoms with van der Waals surface area (Å²) in [7, 11) is 0. The van der Waals surface area contributed by atoms with E-state index in [0.717, 1.165) is 11.8 Å². The summed E-state index contributed by atoms with van der Waals surface area (Å²) in [4.78, 5) is 28.2. The summed E-state index contributed by atoms with van der Waals surface area (Å²) in [5.74, 6) is -1.23. The third kappa shape index (κ3) is 3.45. The van der Waals surface area contributed by atoms with Gasteiger partial charge in [0.1, 0.15) is 5.25 Å². The Morgan fingerprint density at radius 1 is 1.59 bits per heavy atom. The Bertz CT molecular complexity index is 379. The lowest BCUT2D eigenvalue weighted by Crippen LogP contribution is -2.44. The smallest absolute Gasteiger partial charge is 0.317 e. The minimum Gasteiger partial charge on any atom is -0.480 e. The van der Waals surface area contributed by atoms with Crippen molar-refractivity contribution in [3.63, 3.8) is 0 Å². The first-order valence-corrected chi connectivity index (χ1v) is 5.94. The van der Waals surface area contributed by atoms with E-state index in [-0.39, 0.29) is 12.3 Å². The Kier molecular flexibility index (Phi) is 4.96. The first kappa shape index (κ1) is 13.5. The van der Waals surface area contributed by atoms with Gasteiger partial charge in [-0.1, -0.05) is 23.9 Å². The molecular weight excluding hydrogens is 240 g/mol. The molecule has 1 amide bonds. The number of hydrogen-bond donors (Lipinski definition) is 1. The Morgan fingerprint density at radius 2 is 2.29 bits per heavy atom. The molecule has 0 bridgehead atoms. The summed E-state index contributed by atoms with van der Waals surface area (Å²) < 4.78 is 0. The second kappa shape index (κ2) is 6.24. The average molecular weight is 254 g/mol. The first-order chi connectivity index (χ1) is 8.10. The number of hydrogen-bond acceptors (Lipinski definition) is 4. The fourth-order valence-electron chi connectivity index (χ4n) is 1.32. The third-order valence-electron chi connectivity index (χ3n) is 2.08. The molecule has 5 nitrogen and oxygen atoms in total. The largest absolute Gasteiger partial charge is 0.480 e. The number of carboxylic acids is 1. The monoisotopic (exact) mass is 254 g/mol. The van der Waals surface area contributed by atoms with E-state index in [1.165, 1.54) is 4.90 Å². The van der Waals surface area contributed by atoms with Crippen molar-refractivity contribution in [1.82, 2.24) is 4.90 Å². The predicted octanol–water partition coefficient (Wildman–Crippen LogP) is 1.13. The zero-order chi connectivity index (χ0) is 12.8. The molecule has 0 aliphatic carbocycles. The molecule has 1 heterocycles. The molecule has 0 aromatic carbocycles. The van der Waals surface area contributed by atoms with E-state index in [2.05, 4.69) is 18.2 Å². The summed E-state index contributed by atoms with van der Waals surface area (Å²) in [5, 5.41) is 8.60. The van der Waals surface area contributed by atoms with Gasteiger partial charge in [0.05, 0.1) is 13.0 Å². The van der Waals surface area contributed by atoms with E-state index < -0.39 is 11.2 Å². The second-order valence-corrected chi connectivity index (χ2v) is 4.52. The average Bonchev–Trinajstić information content (AvgIpc) is 2.29. The molecule has 0 aromatic rings. The van der Waals surface area contributed by atoms with Crippen LogP contribution in [0.2, 0.25) is 0 Å². The highest BCUT2D eigenvalue weighted by Crippen LogP contribution is 2.26. The van der Waals surface area contributed by atoms with Crippen molar-refractivity contribution in [2.75, 3.05) is 13.1 Å². The lowest BCUT2D eigenvalue weighted by Gasteiger charge is -2.29. The zero-order valence-electron chi connectivity index (χ0n) is 9.33. The standard InChI is InChI=1S/C11H14N2O3S/c1-3-5-12-11-13(6-4-2)9(14)7-8(17-11)10(15)16/h3-4,8H,1-2,5-7H2,(H,15,16). The van der Waals surface area contributed by atoms with Gasteiger partial charge >= 0.3 is 5.97 Å². The number of carbonyl (C=O) groups excluding carboxylic acids is 1. The van der Waals surface area contributed by atoms with Crippen LogP contribution in [-0.4, -0.2) is 45.4 Å². The van der Waals surface area contributed by atoms with Gasteiger partial charge in [-0.15, -0.1) is 13.2 Å². The summed E-state index contributed by atoms with van der Waals surface area (Å²) >= 11 is 1.09. The number of amidine groups is 1. The highest BCUT2D eigenvalue weighted by molar-refractivity contribution is 8.15. The van der Waals surface area contributed by atoms with E-state index in [1.807, 2.05) is 0 Å². The van der Waals surface area contributed by atoms with Gasteiger partial charge in [-0.2, -0.15) is 0 Å². The van der Waals surface area contributed by atoms with Crippen molar-refractivity contribution >= 4 is 28.8 Å². The maximum absolute atomic E-state index is 11.8. The Balaban J connectivity index is 2.90. The topological polar surface area (TPSA) is 70.0 Å². The van der Waals surface area contributed by atoms with Crippen molar-refractivity contribution in [2.45, 2.75) is 11.7 Å². The molecule has 1 unspecified atom stereocenters. The van der Waals surface area contributed by atoms with Crippen LogP contribution < -0.4 is 0 Å². The molecule has 0 spiro atoms. The van der Waals surface area contributed by atoms with Crippen molar-refractivity contribution < 1.29 is 14.7 Å². The number of thioether (sulfide) groups is 1. The van der Waals surface area contributed by atoms with Crippen LogP contribution in [0.4, 0.5) is 0 Å². The van der Waals surface area contributed by atoms with Crippen molar-refractivity contribution in [3.05, 3.63) is 25.3 Å². The number of aliphatic imine (C=N–C) groups is 1. The minimum atomic E-state index is -0.993. The molecule has 1 aliphatic heterocycles. The third-order valence-corrected chi connectivity index (χ3v) is 3.30. The SMILES string of the molecule is C=CCN=C1SC(C(=O)O)CC(=O)N1CC=C. The van der Waals surface area contributed by atoms with Crippen LogP contribution in [-0.2, 0) is 9.59 Å². The van der Waals surface area contributed by atoms with Crippen molar-refractivity contribution in [2.24, 2.45) is 4.99 Å². The molecule has 6 heteroatoms. The van der Waals surface area contributed by atoms with E-state index in [9.17, 15) is 9.59 Å². The normalized spacial score (nSPS) is 22.6. The molecular formula is C11H14N2O3S. The van der Waals surface area contributed by atoms with Gasteiger partial charge in [0.2, 0.25) is 5.91 Å². The molecule has 1 fully saturated rings. The quantitative estimate of drug-likeness (QED) is 0.747. The highest BCUT2D eigenvalue weighted by Gasteiger charge is 2.34. The van der Waals surface area contributed by atoms with Gasteiger partial charge in [0.25, 0.3) is 0 Å². The maximum Gasteiger partial charge on any atom is 0.317 e. The number of amides is 1. The summed E-state index contributed by atoms with van der Waals surface area (Å²) in [6, 6.07) is 0. The lowest BCUT2D eigenvalue weighted by atomic mass is 10.2. The van der Waals surface area contributed by atoms with Gasteiger partial charge < -0.3 is 5.11 Å². The van der Waals surface area contributed by atoms with Crippen LogP contribution in [0.3, 0.4) is 0 Å². The molecule has 17 heavy (non-hydrogen) atoms. The second-order valence-electron chi connectivity index (χ2n) is 3.35. The Labute approximate surface area is 104 Å². The fraction of sp³-hybridized carbons (Fsp3) is 0.364. The molecule has 1 aliphatic rings. The van der Waals surface area contributed by atoms with Gasteiger partial charge in [0.15, 0.2) is 5.17 Å². The molecule has 92 valence electrons. The van der Waals surface area contributed by atoms with Crippen LogP contribution in [0.25, 0.3) is 0 Å². The highest BCUT2D eigenvalue weighted by atomic mass is 32.2. The fourth-order valence-corrected chi connectivity index (χ4v) is 2.35. The van der Waals surface area contributed by atoms with Gasteiger partial charge in [0, 0.05) is 6.54 Å². The number of aliphatic carboxylic acids is 1. The number of carbonyl (C=O) groups is 2. The lowest BCUT2D eigenvalue weighted by molar-refractivity contribution is -0.139. The predicted molar refractivity (Wildman–Crippen MR) is 68.0 cm³/mol. The first-order valence-electron chi connectivity index (χ1n) is 5.06. The van der Waals surface area contributed by atoms with Crippen LogP contribution in [0, 0.1) is 0 Å². The Morgan fingerprint density at radius 3 is 2.82 bits per heavy atom. The van der Waals surface area contributed by atoms with E-state index in [1.54, 1.807) is 12.2 Å². The molecule has 0 radical (unpaired) electrons. The van der Waals surface area contributed by atoms with Crippen molar-refractivity contribution in [1.29, 1.82) is 0 Å². The van der Waals surface area contributed by atoms with Gasteiger partial charge in [-0.3, -0.25) is 19.5 Å². The molecule has 1 atom stereocenters. The van der Waals surface area contributed by atoms with Crippen LogP contribution in [0.5, 0.6) is 0 Å².